The maximum atomic E-state index is 12.4. The lowest BCUT2D eigenvalue weighted by Gasteiger charge is -2.27. The number of carboxylic acids is 1. The van der Waals surface area contributed by atoms with Crippen molar-refractivity contribution >= 4 is 21.9 Å². The number of aromatic nitrogens is 1. The van der Waals surface area contributed by atoms with Crippen LogP contribution in [0, 0.1) is 11.3 Å². The number of hydrogen-bond acceptors (Lipinski definition) is 6. The topological polar surface area (TPSA) is 126 Å². The Morgan fingerprint density at radius 3 is 2.63 bits per heavy atom. The predicted molar refractivity (Wildman–Crippen MR) is 98.0 cm³/mol. The van der Waals surface area contributed by atoms with Gasteiger partial charge in [0, 0.05) is 37.8 Å². The molecule has 0 aromatic carbocycles. The van der Waals surface area contributed by atoms with Crippen LogP contribution in [-0.2, 0) is 19.6 Å². The maximum absolute atomic E-state index is 12.4. The largest absolute Gasteiger partial charge is 0.490 e. The van der Waals surface area contributed by atoms with Crippen molar-refractivity contribution in [2.75, 3.05) is 32.0 Å². The number of pyridine rings is 1. The van der Waals surface area contributed by atoms with Gasteiger partial charge < -0.3 is 15.2 Å². The Labute approximate surface area is 171 Å². The molecule has 0 saturated carbocycles. The summed E-state index contributed by atoms with van der Waals surface area (Å²) >= 11 is 0. The van der Waals surface area contributed by atoms with Gasteiger partial charge in [-0.05, 0) is 19.4 Å². The quantitative estimate of drug-likeness (QED) is 0.678. The van der Waals surface area contributed by atoms with Crippen molar-refractivity contribution in [2.45, 2.75) is 19.5 Å². The third kappa shape index (κ3) is 5.39. The third-order valence-electron chi connectivity index (χ3n) is 5.08. The Morgan fingerprint density at radius 2 is 2.10 bits per heavy atom. The Bertz CT molecular complexity index is 865. The van der Waals surface area contributed by atoms with Crippen molar-refractivity contribution in [3.8, 4) is 5.88 Å². The van der Waals surface area contributed by atoms with Gasteiger partial charge in [-0.2, -0.15) is 13.2 Å². The molecule has 2 atom stereocenters. The van der Waals surface area contributed by atoms with Gasteiger partial charge in [-0.3, -0.25) is 4.79 Å². The molecule has 2 fully saturated rings. The zero-order valence-electron chi connectivity index (χ0n) is 16.1. The highest BCUT2D eigenvalue weighted by atomic mass is 32.2. The predicted octanol–water partition coefficient (Wildman–Crippen LogP) is 0.882. The molecular weight excluding hydrogens is 431 g/mol. The molecule has 0 unspecified atom stereocenters. The summed E-state index contributed by atoms with van der Waals surface area (Å²) in [4.78, 5) is 25.4. The second kappa shape index (κ2) is 9.16. The SMILES string of the molecule is CCS(=O)(=O)N1CC[C@]2(C1)C(=O)NC[C@H]2COc1ccccn1.O=C(O)C(F)(F)F. The van der Waals surface area contributed by atoms with Gasteiger partial charge in [-0.1, -0.05) is 6.07 Å². The molecule has 2 aliphatic rings. The van der Waals surface area contributed by atoms with E-state index in [1.54, 1.807) is 25.3 Å². The summed E-state index contributed by atoms with van der Waals surface area (Å²) < 4.78 is 63.0. The molecule has 2 N–H and O–H groups in total. The van der Waals surface area contributed by atoms with Gasteiger partial charge in [0.1, 0.15) is 0 Å². The fourth-order valence-electron chi connectivity index (χ4n) is 3.35. The number of nitrogens with one attached hydrogen (secondary N) is 1. The number of carboxylic acid groups (broad SMARTS) is 1. The lowest BCUT2D eigenvalue weighted by atomic mass is 9.77. The van der Waals surface area contributed by atoms with Crippen LogP contribution in [0.15, 0.2) is 24.4 Å². The number of hydrogen-bond donors (Lipinski definition) is 2. The first-order chi connectivity index (χ1) is 13.9. The van der Waals surface area contributed by atoms with Crippen molar-refractivity contribution in [2.24, 2.45) is 11.3 Å². The van der Waals surface area contributed by atoms with E-state index in [0.29, 0.717) is 32.0 Å². The number of alkyl halides is 3. The minimum Gasteiger partial charge on any atom is -0.477 e. The average molecular weight is 453 g/mol. The van der Waals surface area contributed by atoms with Gasteiger partial charge in [0.2, 0.25) is 21.8 Å². The molecule has 3 rings (SSSR count). The Hall–Kier alpha value is -2.41. The standard InChI is InChI=1S/C15H21N3O4S.C2HF3O2/c1-2-23(20,21)18-8-6-15(11-18)12(9-17-14(15)19)10-22-13-5-3-4-7-16-13;3-2(4,5)1(6)7/h3-5,7,12H,2,6,8-11H2,1H3,(H,17,19);(H,6,7)/t12-,15+;/m0./s1. The molecule has 3 heterocycles. The van der Waals surface area contributed by atoms with E-state index in [4.69, 9.17) is 14.6 Å². The fourth-order valence-corrected chi connectivity index (χ4v) is 4.51. The normalized spacial score (nSPS) is 24.3. The van der Waals surface area contributed by atoms with Crippen LogP contribution in [0.3, 0.4) is 0 Å². The van der Waals surface area contributed by atoms with E-state index in [9.17, 15) is 26.4 Å². The number of carbonyl (C=O) groups is 2. The van der Waals surface area contributed by atoms with Gasteiger partial charge in [0.25, 0.3) is 0 Å². The molecule has 0 aliphatic carbocycles. The highest BCUT2D eigenvalue weighted by Gasteiger charge is 2.55. The van der Waals surface area contributed by atoms with E-state index in [1.165, 1.54) is 4.31 Å². The Balaban J connectivity index is 0.000000396. The van der Waals surface area contributed by atoms with Crippen molar-refractivity contribution in [1.29, 1.82) is 0 Å². The van der Waals surface area contributed by atoms with E-state index < -0.39 is 27.6 Å². The van der Waals surface area contributed by atoms with Gasteiger partial charge in [-0.25, -0.2) is 22.5 Å². The van der Waals surface area contributed by atoms with Gasteiger partial charge in [-0.15, -0.1) is 0 Å². The van der Waals surface area contributed by atoms with Crippen LogP contribution in [0.1, 0.15) is 13.3 Å². The number of rotatable bonds is 5. The monoisotopic (exact) mass is 453 g/mol. The average Bonchev–Trinajstić information content (AvgIpc) is 3.27. The van der Waals surface area contributed by atoms with E-state index in [1.807, 2.05) is 6.07 Å². The van der Waals surface area contributed by atoms with Crippen molar-refractivity contribution in [3.05, 3.63) is 24.4 Å². The van der Waals surface area contributed by atoms with Crippen LogP contribution in [0.25, 0.3) is 0 Å². The number of amides is 1. The fraction of sp³-hybridized carbons (Fsp3) is 0.588. The molecule has 1 aromatic rings. The molecule has 2 saturated heterocycles. The third-order valence-corrected chi connectivity index (χ3v) is 6.91. The maximum Gasteiger partial charge on any atom is 0.490 e. The molecule has 0 bridgehead atoms. The van der Waals surface area contributed by atoms with Crippen LogP contribution >= 0.6 is 0 Å². The lowest BCUT2D eigenvalue weighted by Crippen LogP contribution is -2.41. The molecule has 0 radical (unpaired) electrons. The van der Waals surface area contributed by atoms with Gasteiger partial charge in [0.15, 0.2) is 0 Å². The Morgan fingerprint density at radius 1 is 1.43 bits per heavy atom. The second-order valence-electron chi connectivity index (χ2n) is 6.83. The highest BCUT2D eigenvalue weighted by molar-refractivity contribution is 7.89. The first-order valence-corrected chi connectivity index (χ1v) is 10.6. The van der Waals surface area contributed by atoms with E-state index >= 15 is 0 Å². The number of aliphatic carboxylic acids is 1. The van der Waals surface area contributed by atoms with Crippen LogP contribution < -0.4 is 10.1 Å². The van der Waals surface area contributed by atoms with Crippen molar-refractivity contribution < 1.29 is 41.0 Å². The summed E-state index contributed by atoms with van der Waals surface area (Å²) in [5.74, 6) is -2.32. The summed E-state index contributed by atoms with van der Waals surface area (Å²) in [5, 5.41) is 9.99. The number of ether oxygens (including phenoxy) is 1. The lowest BCUT2D eigenvalue weighted by molar-refractivity contribution is -0.192. The summed E-state index contributed by atoms with van der Waals surface area (Å²) in [6, 6.07) is 5.40. The highest BCUT2D eigenvalue weighted by Crippen LogP contribution is 2.42. The minimum absolute atomic E-state index is 0.0554. The molecule has 1 spiro atoms. The first kappa shape index (κ1) is 23.9. The summed E-state index contributed by atoms with van der Waals surface area (Å²) in [5.41, 5.74) is -0.684. The summed E-state index contributed by atoms with van der Waals surface area (Å²) in [7, 11) is -3.28. The molecule has 30 heavy (non-hydrogen) atoms. The number of carbonyl (C=O) groups excluding carboxylic acids is 1. The smallest absolute Gasteiger partial charge is 0.477 e. The van der Waals surface area contributed by atoms with Crippen LogP contribution in [0.4, 0.5) is 13.2 Å². The number of halogens is 3. The number of sulfonamides is 1. The molecule has 1 aromatic heterocycles. The van der Waals surface area contributed by atoms with Crippen LogP contribution in [0.5, 0.6) is 5.88 Å². The summed E-state index contributed by atoms with van der Waals surface area (Å²) in [6.45, 7) is 3.10. The molecule has 2 aliphatic heterocycles. The summed E-state index contributed by atoms with van der Waals surface area (Å²) in [6.07, 6.45) is -2.90. The van der Waals surface area contributed by atoms with Crippen LogP contribution in [-0.4, -0.2) is 72.9 Å². The zero-order valence-corrected chi connectivity index (χ0v) is 16.9. The minimum atomic E-state index is -5.08. The molecule has 9 nitrogen and oxygen atoms in total. The van der Waals surface area contributed by atoms with E-state index in [-0.39, 0.29) is 24.1 Å². The first-order valence-electron chi connectivity index (χ1n) is 9.02. The number of nitrogens with zero attached hydrogens (tertiary/aromatic N) is 2. The Kier molecular flexibility index (Phi) is 7.29. The van der Waals surface area contributed by atoms with Crippen molar-refractivity contribution in [3.63, 3.8) is 0 Å². The van der Waals surface area contributed by atoms with Gasteiger partial charge >= 0.3 is 12.1 Å². The van der Waals surface area contributed by atoms with E-state index in [0.717, 1.165) is 0 Å². The molecule has 168 valence electrons. The van der Waals surface area contributed by atoms with E-state index in [2.05, 4.69) is 10.3 Å². The molecule has 1 amide bonds. The zero-order chi connectivity index (χ0) is 22.6. The van der Waals surface area contributed by atoms with Crippen LogP contribution in [0.2, 0.25) is 0 Å². The van der Waals surface area contributed by atoms with Crippen molar-refractivity contribution in [1.82, 2.24) is 14.6 Å². The molecule has 13 heteroatoms. The molecular formula is C17H22F3N3O6S. The second-order valence-corrected chi connectivity index (χ2v) is 9.09. The van der Waals surface area contributed by atoms with Gasteiger partial charge in [0.05, 0.1) is 17.8 Å².